The molecule has 2 saturated carbocycles. The Morgan fingerprint density at radius 2 is 2.00 bits per heavy atom. The van der Waals surface area contributed by atoms with Crippen LogP contribution >= 0.6 is 0 Å². The molecule has 0 amide bonds. The molecule has 1 unspecified atom stereocenters. The zero-order valence-electron chi connectivity index (χ0n) is 12.3. The molecule has 0 heterocycles. The summed E-state index contributed by atoms with van der Waals surface area (Å²) < 4.78 is 6.09. The molecular formula is C17H25NO2. The van der Waals surface area contributed by atoms with Crippen LogP contribution in [-0.4, -0.2) is 29.9 Å². The first kappa shape index (κ1) is 13.9. The Balaban J connectivity index is 1.69. The van der Waals surface area contributed by atoms with Gasteiger partial charge in [0.1, 0.15) is 12.4 Å². The number of aliphatic hydroxyl groups excluding tert-OH is 1. The third kappa shape index (κ3) is 2.99. The molecule has 3 heteroatoms. The number of rotatable bonds is 8. The summed E-state index contributed by atoms with van der Waals surface area (Å²) in [5, 5.41) is 13.6. The molecule has 1 atom stereocenters. The van der Waals surface area contributed by atoms with Crippen molar-refractivity contribution in [1.29, 1.82) is 0 Å². The third-order valence-corrected chi connectivity index (χ3v) is 4.55. The Kier molecular flexibility index (Phi) is 3.99. The first-order valence-corrected chi connectivity index (χ1v) is 7.86. The number of hydrogen-bond donors (Lipinski definition) is 2. The number of aryl methyl sites for hydroxylation is 1. The number of benzene rings is 1. The van der Waals surface area contributed by atoms with E-state index in [1.165, 1.54) is 31.2 Å². The predicted molar refractivity (Wildman–Crippen MR) is 80.0 cm³/mol. The van der Waals surface area contributed by atoms with Gasteiger partial charge in [0, 0.05) is 6.04 Å². The maximum Gasteiger partial charge on any atom is 0.122 e. The van der Waals surface area contributed by atoms with Crippen molar-refractivity contribution in [2.75, 3.05) is 13.2 Å². The summed E-state index contributed by atoms with van der Waals surface area (Å²) in [4.78, 5) is 0. The Hall–Kier alpha value is -1.06. The lowest BCUT2D eigenvalue weighted by atomic mass is 9.95. The predicted octanol–water partition coefficient (Wildman–Crippen LogP) is 2.52. The maximum absolute atomic E-state index is 9.93. The molecule has 0 saturated heterocycles. The quantitative estimate of drug-likeness (QED) is 0.766. The van der Waals surface area contributed by atoms with Crippen LogP contribution in [0.25, 0.3) is 0 Å². The summed E-state index contributed by atoms with van der Waals surface area (Å²) in [6.07, 6.45) is 5.86. The van der Waals surface area contributed by atoms with Crippen molar-refractivity contribution in [2.45, 2.75) is 50.6 Å². The van der Waals surface area contributed by atoms with Crippen LogP contribution in [0.2, 0.25) is 0 Å². The highest BCUT2D eigenvalue weighted by atomic mass is 16.5. The van der Waals surface area contributed by atoms with E-state index < -0.39 is 0 Å². The molecule has 0 radical (unpaired) electrons. The SMILES string of the molecule is CCc1ccccc1OCC(CO)(NC1CC1)C1CC1. The van der Waals surface area contributed by atoms with Crippen LogP contribution in [0.3, 0.4) is 0 Å². The second-order valence-electron chi connectivity index (χ2n) is 6.26. The summed E-state index contributed by atoms with van der Waals surface area (Å²) in [6, 6.07) is 8.80. The largest absolute Gasteiger partial charge is 0.491 e. The van der Waals surface area contributed by atoms with Gasteiger partial charge in [-0.1, -0.05) is 25.1 Å². The van der Waals surface area contributed by atoms with Gasteiger partial charge in [-0.15, -0.1) is 0 Å². The minimum atomic E-state index is -0.234. The van der Waals surface area contributed by atoms with Gasteiger partial charge in [0.05, 0.1) is 12.1 Å². The minimum Gasteiger partial charge on any atom is -0.491 e. The molecule has 0 spiro atoms. The Bertz CT molecular complexity index is 454. The fraction of sp³-hybridized carbons (Fsp3) is 0.647. The van der Waals surface area contributed by atoms with E-state index in [0.29, 0.717) is 18.6 Å². The molecule has 0 bridgehead atoms. The maximum atomic E-state index is 9.93. The standard InChI is InChI=1S/C17H25NO2/c1-2-13-5-3-4-6-16(13)20-12-17(11-19,14-7-8-14)18-15-9-10-15/h3-6,14-15,18-19H,2,7-12H2,1H3. The van der Waals surface area contributed by atoms with Crippen LogP contribution in [-0.2, 0) is 6.42 Å². The fourth-order valence-corrected chi connectivity index (χ4v) is 2.91. The first-order chi connectivity index (χ1) is 9.77. The van der Waals surface area contributed by atoms with E-state index in [0.717, 1.165) is 12.2 Å². The van der Waals surface area contributed by atoms with Crippen LogP contribution in [0.1, 0.15) is 38.2 Å². The molecule has 2 fully saturated rings. The molecule has 110 valence electrons. The molecule has 1 aromatic rings. The smallest absolute Gasteiger partial charge is 0.122 e. The van der Waals surface area contributed by atoms with E-state index in [2.05, 4.69) is 18.3 Å². The first-order valence-electron chi connectivity index (χ1n) is 7.86. The summed E-state index contributed by atoms with van der Waals surface area (Å²) in [5.74, 6) is 1.54. The second-order valence-corrected chi connectivity index (χ2v) is 6.26. The van der Waals surface area contributed by atoms with Crippen molar-refractivity contribution >= 4 is 0 Å². The summed E-state index contributed by atoms with van der Waals surface area (Å²) in [7, 11) is 0. The molecule has 0 aliphatic heterocycles. The average Bonchev–Trinajstić information content (AvgIpc) is 3.37. The molecule has 20 heavy (non-hydrogen) atoms. The van der Waals surface area contributed by atoms with E-state index in [9.17, 15) is 5.11 Å². The van der Waals surface area contributed by atoms with E-state index in [1.54, 1.807) is 0 Å². The van der Waals surface area contributed by atoms with Crippen LogP contribution in [0.15, 0.2) is 24.3 Å². The van der Waals surface area contributed by atoms with Gasteiger partial charge in [0.2, 0.25) is 0 Å². The summed E-state index contributed by atoms with van der Waals surface area (Å²) in [6.45, 7) is 2.88. The summed E-state index contributed by atoms with van der Waals surface area (Å²) >= 11 is 0. The van der Waals surface area contributed by atoms with Crippen LogP contribution in [0.5, 0.6) is 5.75 Å². The number of ether oxygens (including phenoxy) is 1. The van der Waals surface area contributed by atoms with Gasteiger partial charge in [-0.2, -0.15) is 0 Å². The Morgan fingerprint density at radius 1 is 1.25 bits per heavy atom. The van der Waals surface area contributed by atoms with Gasteiger partial charge in [0.25, 0.3) is 0 Å². The molecule has 2 aliphatic rings. The average molecular weight is 275 g/mol. The van der Waals surface area contributed by atoms with Gasteiger partial charge in [0.15, 0.2) is 0 Å². The molecule has 0 aromatic heterocycles. The van der Waals surface area contributed by atoms with Crippen molar-refractivity contribution in [3.8, 4) is 5.75 Å². The highest BCUT2D eigenvalue weighted by Gasteiger charge is 2.48. The lowest BCUT2D eigenvalue weighted by Crippen LogP contribution is -2.56. The van der Waals surface area contributed by atoms with Crippen LogP contribution < -0.4 is 10.1 Å². The number of nitrogens with one attached hydrogen (secondary N) is 1. The zero-order valence-corrected chi connectivity index (χ0v) is 12.3. The lowest BCUT2D eigenvalue weighted by molar-refractivity contribution is 0.0827. The van der Waals surface area contributed by atoms with E-state index >= 15 is 0 Å². The Labute approximate surface area is 121 Å². The van der Waals surface area contributed by atoms with Gasteiger partial charge >= 0.3 is 0 Å². The number of para-hydroxylation sites is 1. The third-order valence-electron chi connectivity index (χ3n) is 4.55. The normalized spacial score (nSPS) is 21.5. The highest BCUT2D eigenvalue weighted by molar-refractivity contribution is 5.33. The van der Waals surface area contributed by atoms with Gasteiger partial charge in [-0.3, -0.25) is 0 Å². The van der Waals surface area contributed by atoms with Crippen molar-refractivity contribution in [3.05, 3.63) is 29.8 Å². The molecule has 2 aliphatic carbocycles. The number of aliphatic hydroxyl groups is 1. The molecule has 1 aromatic carbocycles. The zero-order chi connectivity index (χ0) is 14.0. The van der Waals surface area contributed by atoms with Gasteiger partial charge in [-0.05, 0) is 49.7 Å². The molecule has 3 rings (SSSR count). The monoisotopic (exact) mass is 275 g/mol. The van der Waals surface area contributed by atoms with Gasteiger partial charge < -0.3 is 15.2 Å². The molecule has 3 nitrogen and oxygen atoms in total. The lowest BCUT2D eigenvalue weighted by Gasteiger charge is -2.33. The molecular weight excluding hydrogens is 250 g/mol. The van der Waals surface area contributed by atoms with E-state index in [-0.39, 0.29) is 12.1 Å². The minimum absolute atomic E-state index is 0.169. The highest BCUT2D eigenvalue weighted by Crippen LogP contribution is 2.41. The Morgan fingerprint density at radius 3 is 2.60 bits per heavy atom. The van der Waals surface area contributed by atoms with E-state index in [1.807, 2.05) is 18.2 Å². The topological polar surface area (TPSA) is 41.5 Å². The molecule has 2 N–H and O–H groups in total. The number of hydrogen-bond acceptors (Lipinski definition) is 3. The van der Waals surface area contributed by atoms with Crippen molar-refractivity contribution in [1.82, 2.24) is 5.32 Å². The van der Waals surface area contributed by atoms with Crippen LogP contribution in [0, 0.1) is 5.92 Å². The second kappa shape index (κ2) is 5.74. The summed E-state index contributed by atoms with van der Waals surface area (Å²) in [5.41, 5.74) is 1.00. The fourth-order valence-electron chi connectivity index (χ4n) is 2.91. The van der Waals surface area contributed by atoms with Gasteiger partial charge in [-0.25, -0.2) is 0 Å². The van der Waals surface area contributed by atoms with Crippen molar-refractivity contribution in [2.24, 2.45) is 5.92 Å². The van der Waals surface area contributed by atoms with Crippen molar-refractivity contribution < 1.29 is 9.84 Å². The van der Waals surface area contributed by atoms with E-state index in [4.69, 9.17) is 4.74 Å². The van der Waals surface area contributed by atoms with Crippen LogP contribution in [0.4, 0.5) is 0 Å². The van der Waals surface area contributed by atoms with Crippen molar-refractivity contribution in [3.63, 3.8) is 0 Å².